The highest BCUT2D eigenvalue weighted by Crippen LogP contribution is 2.22. The van der Waals surface area contributed by atoms with Gasteiger partial charge in [-0.15, -0.1) is 0 Å². The number of aryl methyl sites for hydroxylation is 2. The van der Waals surface area contributed by atoms with Crippen LogP contribution in [0.25, 0.3) is 0 Å². The van der Waals surface area contributed by atoms with E-state index in [-0.39, 0.29) is 0 Å². The number of hydrogen-bond acceptors (Lipinski definition) is 4. The lowest BCUT2D eigenvalue weighted by Crippen LogP contribution is -2.16. The van der Waals surface area contributed by atoms with Gasteiger partial charge in [-0.1, -0.05) is 0 Å². The zero-order valence-electron chi connectivity index (χ0n) is 8.19. The van der Waals surface area contributed by atoms with Gasteiger partial charge in [0.2, 0.25) is 0 Å². The molecule has 2 heterocycles. The molecule has 78 valence electrons. The van der Waals surface area contributed by atoms with E-state index in [4.69, 9.17) is 5.73 Å². The summed E-state index contributed by atoms with van der Waals surface area (Å²) in [6.45, 7) is 1.54. The molecule has 0 saturated heterocycles. The Morgan fingerprint density at radius 3 is 3.14 bits per heavy atom. The third-order valence-corrected chi connectivity index (χ3v) is 2.49. The van der Waals surface area contributed by atoms with Crippen molar-refractivity contribution in [3.8, 4) is 0 Å². The van der Waals surface area contributed by atoms with Gasteiger partial charge in [0.15, 0.2) is 11.6 Å². The number of rotatable bonds is 3. The Morgan fingerprint density at radius 2 is 2.43 bits per heavy atom. The van der Waals surface area contributed by atoms with Gasteiger partial charge in [0.05, 0.1) is 0 Å². The molecule has 14 heavy (non-hydrogen) atoms. The van der Waals surface area contributed by atoms with E-state index in [0.29, 0.717) is 6.54 Å². The molecule has 5 nitrogen and oxygen atoms in total. The molecule has 1 aliphatic rings. The molecule has 1 aromatic heterocycles. The van der Waals surface area contributed by atoms with Gasteiger partial charge in [0.1, 0.15) is 6.10 Å². The molecule has 0 radical (unpaired) electrons. The summed E-state index contributed by atoms with van der Waals surface area (Å²) >= 11 is 0. The minimum absolute atomic E-state index is 0.428. The zero-order chi connectivity index (χ0) is 9.97. The maximum atomic E-state index is 9.65. The van der Waals surface area contributed by atoms with Gasteiger partial charge in [0.25, 0.3) is 0 Å². The summed E-state index contributed by atoms with van der Waals surface area (Å²) in [6.07, 6.45) is 3.06. The van der Waals surface area contributed by atoms with E-state index in [1.54, 1.807) is 0 Å². The Kier molecular flexibility index (Phi) is 2.79. The van der Waals surface area contributed by atoms with Gasteiger partial charge in [-0.3, -0.25) is 0 Å². The summed E-state index contributed by atoms with van der Waals surface area (Å²) in [7, 11) is 0. The van der Waals surface area contributed by atoms with Gasteiger partial charge in [-0.2, -0.15) is 5.10 Å². The summed E-state index contributed by atoms with van der Waals surface area (Å²) in [5, 5.41) is 14.0. The Hall–Kier alpha value is -0.940. The molecule has 0 amide bonds. The predicted octanol–water partition coefficient (Wildman–Crippen LogP) is -0.00340. The van der Waals surface area contributed by atoms with Crippen LogP contribution in [-0.2, 0) is 13.0 Å². The first kappa shape index (κ1) is 9.61. The second kappa shape index (κ2) is 4.06. The fourth-order valence-electron chi connectivity index (χ4n) is 1.74. The van der Waals surface area contributed by atoms with E-state index in [2.05, 4.69) is 10.1 Å². The van der Waals surface area contributed by atoms with Crippen molar-refractivity contribution in [3.05, 3.63) is 11.6 Å². The van der Waals surface area contributed by atoms with E-state index < -0.39 is 6.10 Å². The van der Waals surface area contributed by atoms with Crippen molar-refractivity contribution in [2.75, 3.05) is 6.54 Å². The van der Waals surface area contributed by atoms with E-state index in [1.807, 2.05) is 4.68 Å². The number of nitrogens with two attached hydrogens (primary N) is 1. The average Bonchev–Trinajstić information content (AvgIpc) is 2.59. The molecule has 5 heteroatoms. The maximum Gasteiger partial charge on any atom is 0.156 e. The minimum Gasteiger partial charge on any atom is -0.385 e. The summed E-state index contributed by atoms with van der Waals surface area (Å²) in [5.74, 6) is 1.54. The van der Waals surface area contributed by atoms with Crippen LogP contribution in [0, 0.1) is 0 Å². The predicted molar refractivity (Wildman–Crippen MR) is 51.6 cm³/mol. The number of aliphatic hydroxyl groups excluding tert-OH is 1. The molecule has 0 aliphatic carbocycles. The second-order valence-electron chi connectivity index (χ2n) is 3.66. The molecule has 1 unspecified atom stereocenters. The highest BCUT2D eigenvalue weighted by Gasteiger charge is 2.21. The van der Waals surface area contributed by atoms with Crippen LogP contribution in [0.15, 0.2) is 0 Å². The fourth-order valence-corrected chi connectivity index (χ4v) is 1.74. The molecule has 1 atom stereocenters. The van der Waals surface area contributed by atoms with Crippen LogP contribution < -0.4 is 5.73 Å². The summed E-state index contributed by atoms with van der Waals surface area (Å²) < 4.78 is 1.82. The topological polar surface area (TPSA) is 77.0 Å². The molecule has 0 saturated carbocycles. The van der Waals surface area contributed by atoms with Crippen LogP contribution in [0.4, 0.5) is 0 Å². The first-order chi connectivity index (χ1) is 6.81. The SMILES string of the molecule is NCCCc1nc2n(n1)CCCC2O. The first-order valence-electron chi connectivity index (χ1n) is 5.13. The Morgan fingerprint density at radius 1 is 1.57 bits per heavy atom. The van der Waals surface area contributed by atoms with Crippen LogP contribution in [-0.4, -0.2) is 26.4 Å². The monoisotopic (exact) mass is 196 g/mol. The third-order valence-electron chi connectivity index (χ3n) is 2.49. The van der Waals surface area contributed by atoms with Gasteiger partial charge in [-0.05, 0) is 25.8 Å². The smallest absolute Gasteiger partial charge is 0.156 e. The number of aliphatic hydroxyl groups is 1. The van der Waals surface area contributed by atoms with Crippen LogP contribution in [0.3, 0.4) is 0 Å². The molecule has 0 fully saturated rings. The number of nitrogens with zero attached hydrogens (tertiary/aromatic N) is 3. The van der Waals surface area contributed by atoms with E-state index in [1.165, 1.54) is 0 Å². The lowest BCUT2D eigenvalue weighted by atomic mass is 10.1. The largest absolute Gasteiger partial charge is 0.385 e. The number of aromatic nitrogens is 3. The molecule has 0 aromatic carbocycles. The van der Waals surface area contributed by atoms with Crippen LogP contribution in [0.5, 0.6) is 0 Å². The van der Waals surface area contributed by atoms with Crippen LogP contribution in [0.2, 0.25) is 0 Å². The third kappa shape index (κ3) is 1.78. The van der Waals surface area contributed by atoms with Crippen molar-refractivity contribution in [3.63, 3.8) is 0 Å². The molecule has 1 aromatic rings. The van der Waals surface area contributed by atoms with Gasteiger partial charge in [0, 0.05) is 13.0 Å². The molecule has 2 rings (SSSR count). The maximum absolute atomic E-state index is 9.65. The van der Waals surface area contributed by atoms with E-state index >= 15 is 0 Å². The summed E-state index contributed by atoms with van der Waals surface area (Å²) in [6, 6.07) is 0. The summed E-state index contributed by atoms with van der Waals surface area (Å²) in [4.78, 5) is 4.32. The molecular formula is C9H16N4O. The zero-order valence-corrected chi connectivity index (χ0v) is 8.19. The lowest BCUT2D eigenvalue weighted by Gasteiger charge is -2.16. The van der Waals surface area contributed by atoms with E-state index in [9.17, 15) is 5.11 Å². The molecule has 1 aliphatic heterocycles. The van der Waals surface area contributed by atoms with Crippen molar-refractivity contribution in [1.29, 1.82) is 0 Å². The quantitative estimate of drug-likeness (QED) is 0.713. The van der Waals surface area contributed by atoms with Crippen molar-refractivity contribution in [2.45, 2.75) is 38.3 Å². The highest BCUT2D eigenvalue weighted by molar-refractivity contribution is 4.99. The Bertz CT molecular complexity index is 310. The molecule has 0 spiro atoms. The van der Waals surface area contributed by atoms with E-state index in [0.717, 1.165) is 43.9 Å². The standard InChI is InChI=1S/C9H16N4O/c10-5-1-4-8-11-9-7(14)3-2-6-13(9)12-8/h7,14H,1-6,10H2. The second-order valence-corrected chi connectivity index (χ2v) is 3.66. The van der Waals surface area contributed by atoms with Gasteiger partial charge < -0.3 is 10.8 Å². The van der Waals surface area contributed by atoms with Crippen molar-refractivity contribution >= 4 is 0 Å². The first-order valence-corrected chi connectivity index (χ1v) is 5.13. The summed E-state index contributed by atoms with van der Waals surface area (Å²) in [5.41, 5.74) is 5.41. The fraction of sp³-hybridized carbons (Fsp3) is 0.778. The van der Waals surface area contributed by atoms with Gasteiger partial charge in [-0.25, -0.2) is 9.67 Å². The Balaban J connectivity index is 2.13. The minimum atomic E-state index is -0.428. The normalized spacial score (nSPS) is 20.9. The number of fused-ring (bicyclic) bond motifs is 1. The van der Waals surface area contributed by atoms with Crippen LogP contribution in [0.1, 0.15) is 37.0 Å². The number of hydrogen-bond donors (Lipinski definition) is 2. The Labute approximate surface area is 82.9 Å². The molecular weight excluding hydrogens is 180 g/mol. The van der Waals surface area contributed by atoms with Crippen molar-refractivity contribution in [1.82, 2.24) is 14.8 Å². The van der Waals surface area contributed by atoms with Crippen molar-refractivity contribution < 1.29 is 5.11 Å². The van der Waals surface area contributed by atoms with Crippen LogP contribution >= 0.6 is 0 Å². The highest BCUT2D eigenvalue weighted by atomic mass is 16.3. The lowest BCUT2D eigenvalue weighted by molar-refractivity contribution is 0.130. The van der Waals surface area contributed by atoms with Crippen molar-refractivity contribution in [2.24, 2.45) is 5.73 Å². The molecule has 0 bridgehead atoms. The average molecular weight is 196 g/mol. The molecule has 3 N–H and O–H groups in total. The van der Waals surface area contributed by atoms with Gasteiger partial charge >= 0.3 is 0 Å².